The first-order valence-electron chi connectivity index (χ1n) is 6.02. The van der Waals surface area contributed by atoms with Gasteiger partial charge >= 0.3 is 0 Å². The summed E-state index contributed by atoms with van der Waals surface area (Å²) < 4.78 is 0. The van der Waals surface area contributed by atoms with Gasteiger partial charge in [-0.25, -0.2) is 0 Å². The molecule has 0 N–H and O–H groups in total. The Morgan fingerprint density at radius 2 is 1.28 bits per heavy atom. The minimum atomic E-state index is 0. The Morgan fingerprint density at radius 3 is 1.56 bits per heavy atom. The molecule has 1 heteroatoms. The molecule has 0 nitrogen and oxygen atoms in total. The van der Waals surface area contributed by atoms with E-state index < -0.39 is 0 Å². The predicted molar refractivity (Wildman–Crippen MR) is 71.9 cm³/mol. The Morgan fingerprint density at radius 1 is 0.833 bits per heavy atom. The van der Waals surface area contributed by atoms with E-state index in [0.29, 0.717) is 5.92 Å². The molecule has 0 aliphatic carbocycles. The fourth-order valence-electron chi connectivity index (χ4n) is 2.27. The minimum Gasteiger partial charge on any atom is -0.180 e. The molecule has 0 amide bonds. The first-order valence-corrected chi connectivity index (χ1v) is 6.02. The van der Waals surface area contributed by atoms with Crippen LogP contribution in [0.1, 0.15) is 37.8 Å². The normalized spacial score (nSPS) is 11.1. The average Bonchev–Trinajstić information content (AvgIpc) is 2.30. The van der Waals surface area contributed by atoms with Crippen LogP contribution >= 0.6 is 0 Å². The van der Waals surface area contributed by atoms with Gasteiger partial charge in [0.15, 0.2) is 0 Å². The maximum absolute atomic E-state index is 3.35. The van der Waals surface area contributed by atoms with Gasteiger partial charge in [-0.1, -0.05) is 20.8 Å². The zero-order valence-corrected chi connectivity index (χ0v) is 14.1. The van der Waals surface area contributed by atoms with Crippen LogP contribution in [0.15, 0.2) is 48.5 Å². The molecule has 2 aromatic carbocycles. The molecule has 0 aliphatic heterocycles. The molecule has 0 bridgehead atoms. The molecule has 2 rings (SSSR count). The summed E-state index contributed by atoms with van der Waals surface area (Å²) in [6.45, 7) is 6.79. The molecule has 0 saturated heterocycles. The molecule has 91 valence electrons. The van der Waals surface area contributed by atoms with E-state index in [1.807, 2.05) is 24.3 Å². The maximum atomic E-state index is 3.35. The maximum Gasteiger partial charge on any atom is 0 e. The number of rotatable bonds is 2. The second-order valence-electron chi connectivity index (χ2n) is 5.43. The van der Waals surface area contributed by atoms with E-state index in [1.54, 1.807) is 0 Å². The Hall–Kier alpha value is -0.456. The molecule has 0 aromatic heterocycles. The van der Waals surface area contributed by atoms with Gasteiger partial charge in [-0.05, 0) is 11.3 Å². The van der Waals surface area contributed by atoms with Crippen molar-refractivity contribution in [1.82, 2.24) is 0 Å². The summed E-state index contributed by atoms with van der Waals surface area (Å²) in [6, 6.07) is 23.1. The van der Waals surface area contributed by atoms with Crippen LogP contribution in [0.2, 0.25) is 0 Å². The summed E-state index contributed by atoms with van der Waals surface area (Å²) in [5.74, 6) is 0.338. The molecule has 0 unspecified atom stereocenters. The Bertz CT molecular complexity index is 414. The molecule has 0 fully saturated rings. The largest absolute Gasteiger partial charge is 0.180 e. The van der Waals surface area contributed by atoms with Gasteiger partial charge in [0.2, 0.25) is 0 Å². The monoisotopic (exact) mass is 311 g/mol. The van der Waals surface area contributed by atoms with Gasteiger partial charge in [0.25, 0.3) is 0 Å². The molecular weight excluding hydrogens is 293 g/mol. The van der Waals surface area contributed by atoms with E-state index in [4.69, 9.17) is 0 Å². The van der Waals surface area contributed by atoms with Crippen LogP contribution in [0.25, 0.3) is 0 Å². The second kappa shape index (κ2) is 6.64. The molecule has 18 heavy (non-hydrogen) atoms. The van der Waals surface area contributed by atoms with Gasteiger partial charge in [0.05, 0.1) is 0 Å². The summed E-state index contributed by atoms with van der Waals surface area (Å²) in [6.07, 6.45) is 0. The van der Waals surface area contributed by atoms with Crippen LogP contribution in [0.5, 0.6) is 0 Å². The zero-order chi connectivity index (χ0) is 12.3. The molecular formula is C17H18Y-2. The van der Waals surface area contributed by atoms with E-state index in [0.717, 1.165) is 0 Å². The van der Waals surface area contributed by atoms with Crippen molar-refractivity contribution in [3.05, 3.63) is 71.8 Å². The van der Waals surface area contributed by atoms with Crippen molar-refractivity contribution in [2.75, 3.05) is 0 Å². The standard InChI is InChI=1S/C17H18.Y/c1-17(2,3)16(14-10-6-4-7-11-14)15-12-8-5-9-13-15;/h4-10,12,16H,1-3H3;/q-2;. The van der Waals surface area contributed by atoms with Crippen LogP contribution in [-0.4, -0.2) is 0 Å². The van der Waals surface area contributed by atoms with Crippen molar-refractivity contribution in [1.29, 1.82) is 0 Å². The summed E-state index contributed by atoms with van der Waals surface area (Å²) in [5.41, 5.74) is 2.64. The first-order chi connectivity index (χ1) is 8.09. The minimum absolute atomic E-state index is 0. The fourth-order valence-corrected chi connectivity index (χ4v) is 2.27. The zero-order valence-electron chi connectivity index (χ0n) is 11.3. The smallest absolute Gasteiger partial charge is 0 e. The second-order valence-corrected chi connectivity index (χ2v) is 5.43. The Balaban J connectivity index is 0.00000162. The molecule has 2 aromatic rings. The molecule has 0 saturated carbocycles. The Labute approximate surface area is 136 Å². The molecule has 1 radical (unpaired) electrons. The van der Waals surface area contributed by atoms with Crippen LogP contribution < -0.4 is 0 Å². The van der Waals surface area contributed by atoms with Crippen LogP contribution in [0, 0.1) is 17.5 Å². The summed E-state index contributed by atoms with van der Waals surface area (Å²) in [5, 5.41) is 0. The number of hydrogen-bond acceptors (Lipinski definition) is 0. The van der Waals surface area contributed by atoms with Gasteiger partial charge in [-0.2, -0.15) is 71.8 Å². The van der Waals surface area contributed by atoms with Gasteiger partial charge in [0.1, 0.15) is 0 Å². The SMILES string of the molecule is CC(C)(C)C(c1[c-]cccc1)c1[c-]cccc1.[Y]. The molecule has 0 aliphatic rings. The average molecular weight is 311 g/mol. The fraction of sp³-hybridized carbons (Fsp3) is 0.294. The number of benzene rings is 2. The van der Waals surface area contributed by atoms with Crippen LogP contribution in [-0.2, 0) is 32.7 Å². The van der Waals surface area contributed by atoms with Crippen LogP contribution in [0.3, 0.4) is 0 Å². The summed E-state index contributed by atoms with van der Waals surface area (Å²) in [7, 11) is 0. The van der Waals surface area contributed by atoms with Crippen molar-refractivity contribution in [2.45, 2.75) is 26.7 Å². The van der Waals surface area contributed by atoms with E-state index in [-0.39, 0.29) is 38.1 Å². The summed E-state index contributed by atoms with van der Waals surface area (Å²) in [4.78, 5) is 0. The van der Waals surface area contributed by atoms with Crippen molar-refractivity contribution in [3.63, 3.8) is 0 Å². The van der Waals surface area contributed by atoms with Crippen LogP contribution in [0.4, 0.5) is 0 Å². The van der Waals surface area contributed by atoms with E-state index in [9.17, 15) is 0 Å². The predicted octanol–water partition coefficient (Wildman–Crippen LogP) is 4.46. The van der Waals surface area contributed by atoms with Gasteiger partial charge in [-0.3, -0.25) is 0 Å². The summed E-state index contributed by atoms with van der Waals surface area (Å²) >= 11 is 0. The third-order valence-electron chi connectivity index (χ3n) is 2.95. The van der Waals surface area contributed by atoms with Crippen molar-refractivity contribution >= 4 is 0 Å². The third-order valence-corrected chi connectivity index (χ3v) is 2.95. The van der Waals surface area contributed by atoms with Gasteiger partial charge in [-0.15, -0.1) is 0 Å². The van der Waals surface area contributed by atoms with Gasteiger partial charge < -0.3 is 0 Å². The quantitative estimate of drug-likeness (QED) is 0.718. The van der Waals surface area contributed by atoms with Crippen molar-refractivity contribution < 1.29 is 32.7 Å². The van der Waals surface area contributed by atoms with Crippen molar-refractivity contribution in [2.24, 2.45) is 5.41 Å². The molecule has 0 spiro atoms. The van der Waals surface area contributed by atoms with E-state index in [1.165, 1.54) is 11.1 Å². The van der Waals surface area contributed by atoms with Crippen molar-refractivity contribution in [3.8, 4) is 0 Å². The first kappa shape index (κ1) is 15.6. The third kappa shape index (κ3) is 3.77. The number of hydrogen-bond donors (Lipinski definition) is 0. The van der Waals surface area contributed by atoms with E-state index in [2.05, 4.69) is 57.2 Å². The topological polar surface area (TPSA) is 0 Å². The Kier molecular flexibility index (Phi) is 5.75. The molecule has 0 heterocycles. The van der Waals surface area contributed by atoms with Gasteiger partial charge in [0, 0.05) is 32.7 Å². The van der Waals surface area contributed by atoms with E-state index >= 15 is 0 Å². The molecule has 0 atom stereocenters.